The Morgan fingerprint density at radius 1 is 1.33 bits per heavy atom. The predicted octanol–water partition coefficient (Wildman–Crippen LogP) is 2.20. The Bertz CT molecular complexity index is 784. The molecular formula is C20H25N3O4. The molecule has 0 amide bonds. The maximum atomic E-state index is 10.9. The molecule has 0 saturated carbocycles. The second kappa shape index (κ2) is 8.45. The molecule has 2 aromatic rings. The van der Waals surface area contributed by atoms with Gasteiger partial charge in [-0.15, -0.1) is 0 Å². The average Bonchev–Trinajstić information content (AvgIpc) is 2.67. The van der Waals surface area contributed by atoms with Crippen LogP contribution in [0.4, 0.5) is 0 Å². The second-order valence-electron chi connectivity index (χ2n) is 7.36. The van der Waals surface area contributed by atoms with Gasteiger partial charge in [0.1, 0.15) is 5.75 Å². The first kappa shape index (κ1) is 19.3. The van der Waals surface area contributed by atoms with Gasteiger partial charge in [-0.25, -0.2) is 14.8 Å². The van der Waals surface area contributed by atoms with Crippen LogP contribution < -0.4 is 4.74 Å². The summed E-state index contributed by atoms with van der Waals surface area (Å²) in [5.74, 6) is 0.151. The van der Waals surface area contributed by atoms with Gasteiger partial charge in [0.25, 0.3) is 0 Å². The minimum Gasteiger partial charge on any atom is -0.482 e. The summed E-state index contributed by atoms with van der Waals surface area (Å²) in [6.07, 6.45) is 5.40. The van der Waals surface area contributed by atoms with E-state index in [2.05, 4.69) is 21.8 Å². The molecule has 1 aromatic carbocycles. The fourth-order valence-electron chi connectivity index (χ4n) is 3.50. The number of aliphatic hydroxyl groups excluding tert-OH is 1. The molecule has 1 aliphatic rings. The molecule has 7 heteroatoms. The van der Waals surface area contributed by atoms with E-state index in [-0.39, 0.29) is 18.6 Å². The fraction of sp³-hybridized carbons (Fsp3) is 0.450. The van der Waals surface area contributed by atoms with Crippen LogP contribution in [0.15, 0.2) is 36.7 Å². The number of carboxylic acids is 1. The van der Waals surface area contributed by atoms with Gasteiger partial charge < -0.3 is 14.9 Å². The maximum Gasteiger partial charge on any atom is 0.341 e. The molecule has 0 spiro atoms. The van der Waals surface area contributed by atoms with Crippen molar-refractivity contribution in [3.63, 3.8) is 0 Å². The van der Waals surface area contributed by atoms with E-state index in [4.69, 9.17) is 9.84 Å². The third kappa shape index (κ3) is 5.02. The molecule has 0 radical (unpaired) electrons. The van der Waals surface area contributed by atoms with Gasteiger partial charge >= 0.3 is 5.97 Å². The van der Waals surface area contributed by atoms with Gasteiger partial charge in [0.05, 0.1) is 0 Å². The minimum absolute atomic E-state index is 0.111. The van der Waals surface area contributed by atoms with Crippen molar-refractivity contribution in [2.75, 3.05) is 26.3 Å². The van der Waals surface area contributed by atoms with Crippen molar-refractivity contribution in [2.45, 2.75) is 26.3 Å². The van der Waals surface area contributed by atoms with Gasteiger partial charge in [0.2, 0.25) is 0 Å². The molecule has 1 aliphatic heterocycles. The van der Waals surface area contributed by atoms with E-state index in [1.807, 2.05) is 12.1 Å². The van der Waals surface area contributed by atoms with Crippen LogP contribution in [-0.2, 0) is 11.3 Å². The normalized spacial score (nSPS) is 20.4. The highest BCUT2D eigenvalue weighted by Crippen LogP contribution is 2.32. The number of aliphatic hydroxyl groups is 1. The van der Waals surface area contributed by atoms with Crippen LogP contribution >= 0.6 is 0 Å². The van der Waals surface area contributed by atoms with Gasteiger partial charge in [0.15, 0.2) is 12.4 Å². The molecule has 1 aromatic heterocycles. The van der Waals surface area contributed by atoms with Crippen molar-refractivity contribution >= 4 is 5.97 Å². The summed E-state index contributed by atoms with van der Waals surface area (Å²) in [4.78, 5) is 21.7. The molecular weight excluding hydrogens is 346 g/mol. The first-order chi connectivity index (χ1) is 13.0. The molecule has 2 heterocycles. The molecule has 27 heavy (non-hydrogen) atoms. The molecule has 2 N–H and O–H groups in total. The van der Waals surface area contributed by atoms with E-state index >= 15 is 0 Å². The SMILES string of the molecule is C[C@]1(CO)CCCN(Cc2cc(-c3ncccn3)ccc2OCC(=O)O)C1. The van der Waals surface area contributed by atoms with Crippen molar-refractivity contribution in [3.8, 4) is 17.1 Å². The molecule has 1 atom stereocenters. The Hall–Kier alpha value is -2.51. The van der Waals surface area contributed by atoms with E-state index in [0.29, 0.717) is 18.1 Å². The highest BCUT2D eigenvalue weighted by Gasteiger charge is 2.30. The molecule has 3 rings (SSSR count). The Labute approximate surface area is 158 Å². The van der Waals surface area contributed by atoms with Gasteiger partial charge in [-0.05, 0) is 43.7 Å². The van der Waals surface area contributed by atoms with Crippen molar-refractivity contribution in [1.82, 2.24) is 14.9 Å². The van der Waals surface area contributed by atoms with Crippen LogP contribution in [0, 0.1) is 5.41 Å². The fourth-order valence-corrected chi connectivity index (χ4v) is 3.50. The summed E-state index contributed by atoms with van der Waals surface area (Å²) in [5, 5.41) is 18.6. The Morgan fingerprint density at radius 3 is 2.81 bits per heavy atom. The molecule has 0 aliphatic carbocycles. The summed E-state index contributed by atoms with van der Waals surface area (Å²) in [7, 11) is 0. The standard InChI is InChI=1S/C20H25N3O4/c1-20(14-24)6-2-9-23(13-20)11-16-10-15(19-21-7-3-8-22-19)4-5-17(16)27-12-18(25)26/h3-5,7-8,10,24H,2,6,9,11-14H2,1H3,(H,25,26)/t20-/m0/s1. The zero-order chi connectivity index (χ0) is 19.3. The van der Waals surface area contributed by atoms with Crippen molar-refractivity contribution < 1.29 is 19.7 Å². The summed E-state index contributed by atoms with van der Waals surface area (Å²) in [6, 6.07) is 7.33. The zero-order valence-electron chi connectivity index (χ0n) is 15.5. The molecule has 0 unspecified atom stereocenters. The summed E-state index contributed by atoms with van der Waals surface area (Å²) >= 11 is 0. The van der Waals surface area contributed by atoms with Crippen LogP contribution in [0.25, 0.3) is 11.4 Å². The number of rotatable bonds is 7. The lowest BCUT2D eigenvalue weighted by atomic mass is 9.82. The van der Waals surface area contributed by atoms with E-state index in [1.54, 1.807) is 24.5 Å². The predicted molar refractivity (Wildman–Crippen MR) is 100 cm³/mol. The van der Waals surface area contributed by atoms with Gasteiger partial charge in [0, 0.05) is 48.6 Å². The van der Waals surface area contributed by atoms with E-state index in [0.717, 1.165) is 37.1 Å². The van der Waals surface area contributed by atoms with Crippen LogP contribution in [0.3, 0.4) is 0 Å². The van der Waals surface area contributed by atoms with E-state index in [1.165, 1.54) is 0 Å². The smallest absolute Gasteiger partial charge is 0.341 e. The number of likely N-dealkylation sites (tertiary alicyclic amines) is 1. The number of hydrogen-bond acceptors (Lipinski definition) is 6. The third-order valence-electron chi connectivity index (χ3n) is 4.87. The van der Waals surface area contributed by atoms with Crippen molar-refractivity contribution in [1.29, 1.82) is 0 Å². The molecule has 0 bridgehead atoms. The summed E-state index contributed by atoms with van der Waals surface area (Å²) < 4.78 is 5.49. The number of piperidine rings is 1. The number of hydrogen-bond donors (Lipinski definition) is 2. The molecule has 144 valence electrons. The lowest BCUT2D eigenvalue weighted by Gasteiger charge is -2.39. The van der Waals surface area contributed by atoms with E-state index < -0.39 is 5.97 Å². The van der Waals surface area contributed by atoms with Crippen LogP contribution in [0.5, 0.6) is 5.75 Å². The number of benzene rings is 1. The van der Waals surface area contributed by atoms with Crippen LogP contribution in [0.2, 0.25) is 0 Å². The highest BCUT2D eigenvalue weighted by atomic mass is 16.5. The first-order valence-corrected chi connectivity index (χ1v) is 9.07. The largest absolute Gasteiger partial charge is 0.482 e. The van der Waals surface area contributed by atoms with Crippen LogP contribution in [0.1, 0.15) is 25.3 Å². The lowest BCUT2D eigenvalue weighted by Crippen LogP contribution is -2.43. The lowest BCUT2D eigenvalue weighted by molar-refractivity contribution is -0.139. The van der Waals surface area contributed by atoms with Crippen molar-refractivity contribution in [3.05, 3.63) is 42.2 Å². The van der Waals surface area contributed by atoms with E-state index in [9.17, 15) is 9.90 Å². The average molecular weight is 371 g/mol. The number of nitrogens with zero attached hydrogens (tertiary/aromatic N) is 3. The third-order valence-corrected chi connectivity index (χ3v) is 4.87. The zero-order valence-corrected chi connectivity index (χ0v) is 15.5. The highest BCUT2D eigenvalue weighted by molar-refractivity contribution is 5.68. The summed E-state index contributed by atoms with van der Waals surface area (Å²) in [5.41, 5.74) is 1.64. The minimum atomic E-state index is -1.01. The maximum absolute atomic E-state index is 10.9. The number of ether oxygens (including phenoxy) is 1. The molecule has 1 fully saturated rings. The number of carbonyl (C=O) groups is 1. The first-order valence-electron chi connectivity index (χ1n) is 9.07. The number of aliphatic carboxylic acids is 1. The second-order valence-corrected chi connectivity index (χ2v) is 7.36. The van der Waals surface area contributed by atoms with Gasteiger partial charge in [-0.3, -0.25) is 4.90 Å². The van der Waals surface area contributed by atoms with Gasteiger partial charge in [-0.2, -0.15) is 0 Å². The Kier molecular flexibility index (Phi) is 6.03. The molecule has 1 saturated heterocycles. The Balaban J connectivity index is 1.86. The topological polar surface area (TPSA) is 95.8 Å². The number of aromatic nitrogens is 2. The number of carboxylic acid groups (broad SMARTS) is 1. The monoisotopic (exact) mass is 371 g/mol. The van der Waals surface area contributed by atoms with Crippen molar-refractivity contribution in [2.24, 2.45) is 5.41 Å². The van der Waals surface area contributed by atoms with Gasteiger partial charge in [-0.1, -0.05) is 6.92 Å². The molecule has 7 nitrogen and oxygen atoms in total. The summed E-state index contributed by atoms with van der Waals surface area (Å²) in [6.45, 7) is 4.20. The Morgan fingerprint density at radius 2 is 2.11 bits per heavy atom. The quantitative estimate of drug-likeness (QED) is 0.770. The van der Waals surface area contributed by atoms with Crippen LogP contribution in [-0.4, -0.2) is 57.4 Å².